The molecule has 1 N–H and O–H groups in total. The first kappa shape index (κ1) is 13.8. The predicted octanol–water partition coefficient (Wildman–Crippen LogP) is 3.46. The number of amides is 1. The summed E-state index contributed by atoms with van der Waals surface area (Å²) in [5, 5.41) is 4.52. The summed E-state index contributed by atoms with van der Waals surface area (Å²) < 4.78 is 4.82. The summed E-state index contributed by atoms with van der Waals surface area (Å²) in [6.45, 7) is 3.49. The standard InChI is InChI=1S/C11H12Cl2N2O2/c1-7(2)17-11(16)15-14-6-8-4-3-5-9(12)10(8)13/h3-7H,1-2H3,(H,15,16)/b14-6+. The van der Waals surface area contributed by atoms with Crippen LogP contribution in [0.1, 0.15) is 19.4 Å². The van der Waals surface area contributed by atoms with Crippen molar-refractivity contribution in [3.8, 4) is 0 Å². The van der Waals surface area contributed by atoms with Gasteiger partial charge in [-0.05, 0) is 19.9 Å². The third-order valence-corrected chi connectivity index (χ3v) is 2.52. The van der Waals surface area contributed by atoms with E-state index in [0.717, 1.165) is 0 Å². The van der Waals surface area contributed by atoms with E-state index < -0.39 is 6.09 Å². The summed E-state index contributed by atoms with van der Waals surface area (Å²) in [5.74, 6) is 0. The van der Waals surface area contributed by atoms with Gasteiger partial charge in [0.05, 0.1) is 22.4 Å². The van der Waals surface area contributed by atoms with Crippen LogP contribution < -0.4 is 5.43 Å². The van der Waals surface area contributed by atoms with E-state index in [1.807, 2.05) is 0 Å². The van der Waals surface area contributed by atoms with E-state index in [4.69, 9.17) is 27.9 Å². The predicted molar refractivity (Wildman–Crippen MR) is 68.8 cm³/mol. The third-order valence-electron chi connectivity index (χ3n) is 1.68. The monoisotopic (exact) mass is 274 g/mol. The molecule has 1 rings (SSSR count). The summed E-state index contributed by atoms with van der Waals surface area (Å²) in [7, 11) is 0. The zero-order valence-corrected chi connectivity index (χ0v) is 10.9. The number of carbonyl (C=O) groups is 1. The van der Waals surface area contributed by atoms with Gasteiger partial charge in [0.2, 0.25) is 0 Å². The number of carbonyl (C=O) groups excluding carboxylic acids is 1. The number of nitrogens with zero attached hydrogens (tertiary/aromatic N) is 1. The van der Waals surface area contributed by atoms with Crippen molar-refractivity contribution in [3.63, 3.8) is 0 Å². The van der Waals surface area contributed by atoms with E-state index in [2.05, 4.69) is 10.5 Å². The van der Waals surface area contributed by atoms with Crippen molar-refractivity contribution in [1.82, 2.24) is 5.43 Å². The van der Waals surface area contributed by atoms with Crippen molar-refractivity contribution in [2.24, 2.45) is 5.10 Å². The molecule has 0 atom stereocenters. The Labute approximate surface area is 110 Å². The Balaban J connectivity index is 2.60. The summed E-state index contributed by atoms with van der Waals surface area (Å²) in [6, 6.07) is 5.14. The van der Waals surface area contributed by atoms with Gasteiger partial charge in [-0.15, -0.1) is 0 Å². The molecular formula is C11H12Cl2N2O2. The molecule has 0 aliphatic rings. The Morgan fingerprint density at radius 1 is 1.47 bits per heavy atom. The molecule has 1 amide bonds. The van der Waals surface area contributed by atoms with Crippen LogP contribution in [0.25, 0.3) is 0 Å². The number of halogens is 2. The van der Waals surface area contributed by atoms with Crippen molar-refractivity contribution >= 4 is 35.5 Å². The Hall–Kier alpha value is -1.26. The van der Waals surface area contributed by atoms with Crippen LogP contribution in [0.5, 0.6) is 0 Å². The van der Waals surface area contributed by atoms with E-state index in [1.54, 1.807) is 32.0 Å². The maximum atomic E-state index is 11.1. The van der Waals surface area contributed by atoms with Gasteiger partial charge >= 0.3 is 6.09 Å². The minimum Gasteiger partial charge on any atom is -0.446 e. The molecule has 0 saturated carbocycles. The lowest BCUT2D eigenvalue weighted by Crippen LogP contribution is -2.22. The van der Waals surface area contributed by atoms with Crippen LogP contribution in [-0.2, 0) is 4.74 Å². The summed E-state index contributed by atoms with van der Waals surface area (Å²) >= 11 is 11.7. The number of rotatable bonds is 3. The average Bonchev–Trinajstić information content (AvgIpc) is 2.23. The smallest absolute Gasteiger partial charge is 0.427 e. The lowest BCUT2D eigenvalue weighted by atomic mass is 10.2. The minimum absolute atomic E-state index is 0.194. The van der Waals surface area contributed by atoms with Crippen LogP contribution in [0, 0.1) is 0 Å². The quantitative estimate of drug-likeness (QED) is 0.678. The van der Waals surface area contributed by atoms with Crippen LogP contribution in [0.15, 0.2) is 23.3 Å². The zero-order chi connectivity index (χ0) is 12.8. The highest BCUT2D eigenvalue weighted by Gasteiger charge is 2.03. The maximum Gasteiger partial charge on any atom is 0.427 e. The Kier molecular flexibility index (Phi) is 5.25. The van der Waals surface area contributed by atoms with Gasteiger partial charge < -0.3 is 4.74 Å². The second-order valence-corrected chi connectivity index (χ2v) is 4.25. The van der Waals surface area contributed by atoms with Gasteiger partial charge in [0.25, 0.3) is 0 Å². The van der Waals surface area contributed by atoms with Gasteiger partial charge in [0, 0.05) is 5.56 Å². The molecule has 0 heterocycles. The van der Waals surface area contributed by atoms with Gasteiger partial charge in [-0.2, -0.15) is 5.10 Å². The molecule has 92 valence electrons. The molecule has 0 radical (unpaired) electrons. The van der Waals surface area contributed by atoms with E-state index >= 15 is 0 Å². The normalized spacial score (nSPS) is 10.9. The van der Waals surface area contributed by atoms with Gasteiger partial charge in [0.15, 0.2) is 0 Å². The number of hydrogen-bond donors (Lipinski definition) is 1. The van der Waals surface area contributed by atoms with Crippen LogP contribution in [0.4, 0.5) is 4.79 Å². The number of hydrazone groups is 1. The number of ether oxygens (including phenoxy) is 1. The zero-order valence-electron chi connectivity index (χ0n) is 9.41. The molecule has 1 aromatic rings. The van der Waals surface area contributed by atoms with Crippen molar-refractivity contribution in [2.75, 3.05) is 0 Å². The molecule has 1 aromatic carbocycles. The van der Waals surface area contributed by atoms with Crippen molar-refractivity contribution in [2.45, 2.75) is 20.0 Å². The van der Waals surface area contributed by atoms with Crippen LogP contribution in [0.3, 0.4) is 0 Å². The molecule has 17 heavy (non-hydrogen) atoms. The largest absolute Gasteiger partial charge is 0.446 e. The molecule has 0 spiro atoms. The fourth-order valence-corrected chi connectivity index (χ4v) is 1.37. The van der Waals surface area contributed by atoms with Crippen LogP contribution in [0.2, 0.25) is 10.0 Å². The lowest BCUT2D eigenvalue weighted by molar-refractivity contribution is 0.116. The molecule has 6 heteroatoms. The highest BCUT2D eigenvalue weighted by atomic mass is 35.5. The van der Waals surface area contributed by atoms with Crippen LogP contribution >= 0.6 is 23.2 Å². The van der Waals surface area contributed by atoms with E-state index in [1.165, 1.54) is 6.21 Å². The van der Waals surface area contributed by atoms with Gasteiger partial charge in [-0.1, -0.05) is 35.3 Å². The highest BCUT2D eigenvalue weighted by molar-refractivity contribution is 6.43. The molecular weight excluding hydrogens is 263 g/mol. The first-order chi connectivity index (χ1) is 8.00. The summed E-state index contributed by atoms with van der Waals surface area (Å²) in [4.78, 5) is 11.1. The second-order valence-electron chi connectivity index (χ2n) is 3.47. The minimum atomic E-state index is -0.616. The van der Waals surface area contributed by atoms with E-state index in [0.29, 0.717) is 15.6 Å². The SMILES string of the molecule is CC(C)OC(=O)N/N=C/c1cccc(Cl)c1Cl. The Morgan fingerprint density at radius 3 is 2.82 bits per heavy atom. The number of benzene rings is 1. The maximum absolute atomic E-state index is 11.1. The Morgan fingerprint density at radius 2 is 2.18 bits per heavy atom. The first-order valence-electron chi connectivity index (χ1n) is 4.94. The topological polar surface area (TPSA) is 50.7 Å². The molecule has 0 aromatic heterocycles. The molecule has 0 saturated heterocycles. The number of hydrogen-bond acceptors (Lipinski definition) is 3. The highest BCUT2D eigenvalue weighted by Crippen LogP contribution is 2.23. The third kappa shape index (κ3) is 4.63. The number of nitrogens with one attached hydrogen (secondary N) is 1. The first-order valence-corrected chi connectivity index (χ1v) is 5.70. The molecule has 0 bridgehead atoms. The van der Waals surface area contributed by atoms with Gasteiger partial charge in [0.1, 0.15) is 0 Å². The summed E-state index contributed by atoms with van der Waals surface area (Å²) in [6.07, 6.45) is 0.588. The molecule has 0 fully saturated rings. The summed E-state index contributed by atoms with van der Waals surface area (Å²) in [5.41, 5.74) is 2.83. The van der Waals surface area contributed by atoms with Crippen molar-refractivity contribution in [1.29, 1.82) is 0 Å². The van der Waals surface area contributed by atoms with Crippen LogP contribution in [-0.4, -0.2) is 18.4 Å². The lowest BCUT2D eigenvalue weighted by Gasteiger charge is -2.05. The average molecular weight is 275 g/mol. The van der Waals surface area contributed by atoms with Gasteiger partial charge in [-0.25, -0.2) is 10.2 Å². The molecule has 0 unspecified atom stereocenters. The Bertz CT molecular complexity index is 433. The van der Waals surface area contributed by atoms with Crippen molar-refractivity contribution in [3.05, 3.63) is 33.8 Å². The molecule has 0 aliphatic carbocycles. The second kappa shape index (κ2) is 6.47. The van der Waals surface area contributed by atoms with E-state index in [-0.39, 0.29) is 6.10 Å². The molecule has 4 nitrogen and oxygen atoms in total. The fraction of sp³-hybridized carbons (Fsp3) is 0.273. The van der Waals surface area contributed by atoms with Crippen molar-refractivity contribution < 1.29 is 9.53 Å². The van der Waals surface area contributed by atoms with Gasteiger partial charge in [-0.3, -0.25) is 0 Å². The van der Waals surface area contributed by atoms with E-state index in [9.17, 15) is 4.79 Å². The molecule has 0 aliphatic heterocycles. The fourth-order valence-electron chi connectivity index (χ4n) is 1.02.